The molecule has 0 spiro atoms. The van der Waals surface area contributed by atoms with Crippen LogP contribution in [0.15, 0.2) is 97.1 Å². The molecule has 0 bridgehead atoms. The fourth-order valence-electron chi connectivity index (χ4n) is 7.50. The monoisotopic (exact) mass is 647 g/mol. The summed E-state index contributed by atoms with van der Waals surface area (Å²) in [5.41, 5.74) is 12.2. The Bertz CT molecular complexity index is 1700. The van der Waals surface area contributed by atoms with E-state index in [1.54, 1.807) is 12.0 Å². The zero-order valence-corrected chi connectivity index (χ0v) is 27.1. The molecule has 2 aliphatic heterocycles. The van der Waals surface area contributed by atoms with Gasteiger partial charge in [0.05, 0.1) is 31.2 Å². The Hall–Kier alpha value is -4.70. The zero-order chi connectivity index (χ0) is 33.1. The summed E-state index contributed by atoms with van der Waals surface area (Å²) >= 11 is 0. The second kappa shape index (κ2) is 13.8. The fourth-order valence-corrected chi connectivity index (χ4v) is 7.50. The van der Waals surface area contributed by atoms with E-state index in [0.717, 1.165) is 33.8 Å². The number of piperidine rings is 1. The number of fused-ring (bicyclic) bond motifs is 5. The maximum atomic E-state index is 13.9. The number of carbonyl (C=O) groups excluding carboxylic acids is 2. The van der Waals surface area contributed by atoms with Crippen LogP contribution in [0.25, 0.3) is 11.1 Å². The molecule has 0 unspecified atom stereocenters. The predicted octanol–water partition coefficient (Wildman–Crippen LogP) is 5.46. The van der Waals surface area contributed by atoms with Crippen LogP contribution in [0.1, 0.15) is 34.6 Å². The largest absolute Gasteiger partial charge is 0.457 e. The predicted molar refractivity (Wildman–Crippen MR) is 182 cm³/mol. The molecular weight excluding hydrogens is 606 g/mol. The van der Waals surface area contributed by atoms with Crippen LogP contribution in [-0.4, -0.2) is 76.1 Å². The summed E-state index contributed by atoms with van der Waals surface area (Å²) in [7, 11) is 1.64. The van der Waals surface area contributed by atoms with Gasteiger partial charge in [-0.1, -0.05) is 84.9 Å². The first-order valence-electron chi connectivity index (χ1n) is 16.6. The molecule has 2 amide bonds. The molecule has 1 fully saturated rings. The number of amides is 2. The van der Waals surface area contributed by atoms with Crippen molar-refractivity contribution in [3.63, 3.8) is 0 Å². The van der Waals surface area contributed by atoms with E-state index in [1.807, 2.05) is 72.8 Å². The van der Waals surface area contributed by atoms with E-state index in [1.165, 1.54) is 11.1 Å². The number of methoxy groups -OCH3 is 1. The molecule has 0 saturated carbocycles. The Kier molecular flexibility index (Phi) is 9.17. The van der Waals surface area contributed by atoms with Crippen molar-refractivity contribution in [2.24, 2.45) is 11.7 Å². The molecule has 0 radical (unpaired) electrons. The van der Waals surface area contributed by atoms with Gasteiger partial charge in [-0.05, 0) is 40.8 Å². The van der Waals surface area contributed by atoms with Crippen LogP contribution >= 0.6 is 0 Å². The van der Waals surface area contributed by atoms with Crippen molar-refractivity contribution in [3.05, 3.63) is 119 Å². The molecule has 248 valence electrons. The molecule has 1 saturated heterocycles. The lowest BCUT2D eigenvalue weighted by Crippen LogP contribution is -2.54. The van der Waals surface area contributed by atoms with Gasteiger partial charge in [0.15, 0.2) is 0 Å². The third-order valence-corrected chi connectivity index (χ3v) is 9.82. The van der Waals surface area contributed by atoms with E-state index in [0.29, 0.717) is 32.8 Å². The number of likely N-dealkylation sites (tertiary alicyclic amines) is 1. The van der Waals surface area contributed by atoms with E-state index in [-0.39, 0.29) is 37.6 Å². The molecule has 9 heteroatoms. The molecule has 9 nitrogen and oxygen atoms in total. The molecule has 2 heterocycles. The number of carbonyl (C=O) groups is 2. The molecule has 7 rings (SSSR count). The van der Waals surface area contributed by atoms with Gasteiger partial charge < -0.3 is 34.9 Å². The Morgan fingerprint density at radius 2 is 1.46 bits per heavy atom. The van der Waals surface area contributed by atoms with E-state index < -0.39 is 17.4 Å². The molecule has 4 aromatic carbocycles. The Labute approximate surface area is 280 Å². The third kappa shape index (κ3) is 6.05. The molecule has 3 N–H and O–H groups in total. The maximum Gasteiger partial charge on any atom is 0.409 e. The summed E-state index contributed by atoms with van der Waals surface area (Å²) in [6, 6.07) is 31.8. The van der Waals surface area contributed by atoms with Crippen LogP contribution in [0, 0.1) is 5.92 Å². The summed E-state index contributed by atoms with van der Waals surface area (Å²) in [5, 5.41) is 3.22. The van der Waals surface area contributed by atoms with Crippen LogP contribution in [-0.2, 0) is 24.4 Å². The van der Waals surface area contributed by atoms with E-state index in [9.17, 15) is 9.59 Å². The van der Waals surface area contributed by atoms with Gasteiger partial charge in [-0.2, -0.15) is 0 Å². The summed E-state index contributed by atoms with van der Waals surface area (Å²) < 4.78 is 23.6. The highest BCUT2D eigenvalue weighted by Gasteiger charge is 2.44. The van der Waals surface area contributed by atoms with Gasteiger partial charge in [0.2, 0.25) is 5.91 Å². The Balaban J connectivity index is 1.05. The van der Waals surface area contributed by atoms with Crippen LogP contribution in [0.4, 0.5) is 4.79 Å². The minimum Gasteiger partial charge on any atom is -0.457 e. The molecule has 48 heavy (non-hydrogen) atoms. The van der Waals surface area contributed by atoms with Crippen molar-refractivity contribution in [2.75, 3.05) is 53.2 Å². The number of hydrogen-bond donors (Lipinski definition) is 2. The van der Waals surface area contributed by atoms with Crippen molar-refractivity contribution >= 4 is 12.0 Å². The molecule has 1 aliphatic carbocycles. The molecular formula is C39H41N3O6. The maximum absolute atomic E-state index is 13.9. The molecule has 4 aromatic rings. The van der Waals surface area contributed by atoms with Crippen molar-refractivity contribution < 1.29 is 28.5 Å². The first-order chi connectivity index (χ1) is 23.5. The SMILES string of the molecule is COCCOCC1(CNC(=O)[C@H]2C[C@@H](N)CN(C(=O)OCC3c4ccccc4-c4ccccc43)C2)c2ccccc2Oc2ccccc21. The Morgan fingerprint density at radius 1 is 0.854 bits per heavy atom. The summed E-state index contributed by atoms with van der Waals surface area (Å²) in [6.07, 6.45) is 0.00666. The number of nitrogens with zero attached hydrogens (tertiary/aromatic N) is 1. The van der Waals surface area contributed by atoms with Gasteiger partial charge >= 0.3 is 6.09 Å². The van der Waals surface area contributed by atoms with Crippen LogP contribution in [0.2, 0.25) is 0 Å². The summed E-state index contributed by atoms with van der Waals surface area (Å²) in [5.74, 6) is 0.737. The van der Waals surface area contributed by atoms with Crippen LogP contribution in [0.3, 0.4) is 0 Å². The van der Waals surface area contributed by atoms with Crippen molar-refractivity contribution in [1.29, 1.82) is 0 Å². The lowest BCUT2D eigenvalue weighted by Gasteiger charge is -2.41. The number of para-hydroxylation sites is 2. The van der Waals surface area contributed by atoms with Crippen LogP contribution < -0.4 is 15.8 Å². The quantitative estimate of drug-likeness (QED) is 0.220. The van der Waals surface area contributed by atoms with Crippen LogP contribution in [0.5, 0.6) is 11.5 Å². The molecule has 0 aromatic heterocycles. The number of rotatable bonds is 10. The number of nitrogens with two attached hydrogens (primary N) is 1. The van der Waals surface area contributed by atoms with Crippen molar-refractivity contribution in [2.45, 2.75) is 23.8 Å². The number of ether oxygens (including phenoxy) is 4. The average Bonchev–Trinajstić information content (AvgIpc) is 3.44. The summed E-state index contributed by atoms with van der Waals surface area (Å²) in [4.78, 5) is 28.9. The zero-order valence-electron chi connectivity index (χ0n) is 27.1. The highest BCUT2D eigenvalue weighted by Crippen LogP contribution is 2.48. The van der Waals surface area contributed by atoms with Gasteiger partial charge in [-0.3, -0.25) is 4.79 Å². The van der Waals surface area contributed by atoms with Gasteiger partial charge in [0.1, 0.15) is 18.1 Å². The minimum atomic E-state index is -0.710. The fraction of sp³-hybridized carbons (Fsp3) is 0.333. The van der Waals surface area contributed by atoms with Crippen molar-refractivity contribution in [3.8, 4) is 22.6 Å². The smallest absolute Gasteiger partial charge is 0.409 e. The third-order valence-electron chi connectivity index (χ3n) is 9.82. The normalized spacial score (nSPS) is 18.9. The number of nitrogens with one attached hydrogen (secondary N) is 1. The van der Waals surface area contributed by atoms with E-state index >= 15 is 0 Å². The van der Waals surface area contributed by atoms with Gasteiger partial charge in [0.25, 0.3) is 0 Å². The lowest BCUT2D eigenvalue weighted by atomic mass is 9.72. The minimum absolute atomic E-state index is 0.0496. The summed E-state index contributed by atoms with van der Waals surface area (Å²) in [6.45, 7) is 2.20. The topological polar surface area (TPSA) is 112 Å². The molecule has 2 atom stereocenters. The second-order valence-corrected chi connectivity index (χ2v) is 12.8. The first kappa shape index (κ1) is 31.9. The molecule has 3 aliphatic rings. The lowest BCUT2D eigenvalue weighted by molar-refractivity contribution is -0.127. The number of hydrogen-bond acceptors (Lipinski definition) is 7. The highest BCUT2D eigenvalue weighted by atomic mass is 16.6. The van der Waals surface area contributed by atoms with Gasteiger partial charge in [-0.25, -0.2) is 4.79 Å². The van der Waals surface area contributed by atoms with Gasteiger partial charge in [-0.15, -0.1) is 0 Å². The van der Waals surface area contributed by atoms with E-state index in [4.69, 9.17) is 24.7 Å². The standard InChI is InChI=1S/C39H41N3O6/c1-45-18-19-46-25-39(33-14-6-8-16-35(33)48-36-17-9-7-15-34(36)39)24-41-37(43)26-20-27(40)22-42(21-26)38(44)47-23-32-30-12-4-2-10-28(30)29-11-3-5-13-31(29)32/h2-17,26-27,32H,18-25,40H2,1H3,(H,41,43)/t26-,27+/m0/s1. The van der Waals surface area contributed by atoms with Gasteiger partial charge in [0, 0.05) is 49.8 Å². The highest BCUT2D eigenvalue weighted by molar-refractivity contribution is 5.81. The van der Waals surface area contributed by atoms with Crippen molar-refractivity contribution in [1.82, 2.24) is 10.2 Å². The number of benzene rings is 4. The van der Waals surface area contributed by atoms with E-state index in [2.05, 4.69) is 29.6 Å². The first-order valence-corrected chi connectivity index (χ1v) is 16.6. The second-order valence-electron chi connectivity index (χ2n) is 12.8. The average molecular weight is 648 g/mol. The Morgan fingerprint density at radius 3 is 2.10 bits per heavy atom.